The molecule has 128 valence electrons. The number of aryl methyl sites for hydroxylation is 2. The summed E-state index contributed by atoms with van der Waals surface area (Å²) in [6, 6.07) is 9.05. The van der Waals surface area contributed by atoms with Gasteiger partial charge in [-0.3, -0.25) is 14.5 Å². The molecule has 0 aliphatic heterocycles. The number of benzene rings is 1. The Kier molecular flexibility index (Phi) is 5.87. The van der Waals surface area contributed by atoms with Crippen molar-refractivity contribution in [3.05, 3.63) is 63.3 Å². The van der Waals surface area contributed by atoms with E-state index in [0.29, 0.717) is 24.5 Å². The number of nitrogens with one attached hydrogen (secondary N) is 2. The lowest BCUT2D eigenvalue weighted by molar-refractivity contribution is -0.125. The van der Waals surface area contributed by atoms with Gasteiger partial charge in [0, 0.05) is 24.7 Å². The van der Waals surface area contributed by atoms with Gasteiger partial charge in [0.15, 0.2) is 0 Å². The van der Waals surface area contributed by atoms with Crippen LogP contribution >= 0.6 is 0 Å². The molecule has 0 aliphatic carbocycles. The first-order valence-corrected chi connectivity index (χ1v) is 7.94. The van der Waals surface area contributed by atoms with Crippen LogP contribution in [0.25, 0.3) is 0 Å². The number of aromatic nitrogens is 2. The van der Waals surface area contributed by atoms with Crippen LogP contribution in [0.4, 0.5) is 0 Å². The van der Waals surface area contributed by atoms with E-state index >= 15 is 0 Å². The molecule has 0 spiro atoms. The van der Waals surface area contributed by atoms with Gasteiger partial charge in [-0.15, -0.1) is 0 Å². The van der Waals surface area contributed by atoms with Crippen LogP contribution in [0.1, 0.15) is 28.7 Å². The van der Waals surface area contributed by atoms with Gasteiger partial charge < -0.3 is 10.3 Å². The van der Waals surface area contributed by atoms with Gasteiger partial charge in [0.2, 0.25) is 5.91 Å². The number of hydrogen-bond donors (Lipinski definition) is 2. The molecular formula is C18H24N4O2. The van der Waals surface area contributed by atoms with E-state index in [1.165, 1.54) is 6.07 Å². The highest BCUT2D eigenvalue weighted by Gasteiger charge is 2.22. The molecular weight excluding hydrogens is 304 g/mol. The molecule has 0 radical (unpaired) electrons. The van der Waals surface area contributed by atoms with Gasteiger partial charge >= 0.3 is 0 Å². The third-order valence-electron chi connectivity index (χ3n) is 3.72. The first-order valence-electron chi connectivity index (χ1n) is 7.94. The van der Waals surface area contributed by atoms with Crippen molar-refractivity contribution in [1.29, 1.82) is 0 Å². The molecule has 1 aromatic heterocycles. The van der Waals surface area contributed by atoms with Gasteiger partial charge in [-0.05, 0) is 33.5 Å². The van der Waals surface area contributed by atoms with Crippen molar-refractivity contribution >= 4 is 5.91 Å². The third-order valence-corrected chi connectivity index (χ3v) is 3.72. The summed E-state index contributed by atoms with van der Waals surface area (Å²) in [6.45, 7) is 4.18. The lowest BCUT2D eigenvalue weighted by atomic mass is 10.0. The van der Waals surface area contributed by atoms with Crippen molar-refractivity contribution in [1.82, 2.24) is 20.2 Å². The smallest absolute Gasteiger partial charge is 0.251 e. The van der Waals surface area contributed by atoms with E-state index in [0.717, 1.165) is 11.1 Å². The largest absolute Gasteiger partial charge is 0.354 e. The zero-order valence-corrected chi connectivity index (χ0v) is 14.6. The molecule has 2 N–H and O–H groups in total. The third kappa shape index (κ3) is 4.76. The van der Waals surface area contributed by atoms with E-state index in [1.807, 2.05) is 50.2 Å². The molecule has 0 saturated carbocycles. The molecule has 6 heteroatoms. The second kappa shape index (κ2) is 7.88. The molecule has 24 heavy (non-hydrogen) atoms. The standard InChI is InChI=1S/C18H24N4O2/c1-12-6-5-7-14(10-12)17(22(3)4)18(24)19-9-8-15-11-16(23)21-13(2)20-15/h5-7,10-11,17H,8-9H2,1-4H3,(H,19,24)(H,20,21,23)/t17-/m0/s1. The number of rotatable bonds is 6. The van der Waals surface area contributed by atoms with Crippen molar-refractivity contribution in [2.75, 3.05) is 20.6 Å². The monoisotopic (exact) mass is 328 g/mol. The second-order valence-electron chi connectivity index (χ2n) is 6.14. The van der Waals surface area contributed by atoms with Crippen molar-refractivity contribution in [2.24, 2.45) is 0 Å². The fourth-order valence-electron chi connectivity index (χ4n) is 2.70. The lowest BCUT2D eigenvalue weighted by Gasteiger charge is -2.24. The Morgan fingerprint density at radius 2 is 2.04 bits per heavy atom. The summed E-state index contributed by atoms with van der Waals surface area (Å²) >= 11 is 0. The van der Waals surface area contributed by atoms with E-state index in [4.69, 9.17) is 0 Å². The quantitative estimate of drug-likeness (QED) is 0.839. The summed E-state index contributed by atoms with van der Waals surface area (Å²) < 4.78 is 0. The average Bonchev–Trinajstić information content (AvgIpc) is 2.46. The Hall–Kier alpha value is -2.47. The van der Waals surface area contributed by atoms with E-state index in [9.17, 15) is 9.59 Å². The summed E-state index contributed by atoms with van der Waals surface area (Å²) in [5.41, 5.74) is 2.58. The molecule has 0 bridgehead atoms. The van der Waals surface area contributed by atoms with E-state index in [2.05, 4.69) is 15.3 Å². The SMILES string of the molecule is Cc1cccc([C@@H](C(=O)NCCc2cc(=O)[nH]c(C)n2)N(C)C)c1. The van der Waals surface area contributed by atoms with Crippen LogP contribution in [0.15, 0.2) is 35.1 Å². The Morgan fingerprint density at radius 1 is 1.29 bits per heavy atom. The van der Waals surface area contributed by atoms with Crippen molar-refractivity contribution in [2.45, 2.75) is 26.3 Å². The molecule has 6 nitrogen and oxygen atoms in total. The van der Waals surface area contributed by atoms with Gasteiger partial charge in [-0.1, -0.05) is 29.8 Å². The number of nitrogens with zero attached hydrogens (tertiary/aromatic N) is 2. The molecule has 0 unspecified atom stereocenters. The molecule has 1 heterocycles. The van der Waals surface area contributed by atoms with Gasteiger partial charge in [0.05, 0.1) is 0 Å². The number of hydrogen-bond acceptors (Lipinski definition) is 4. The molecule has 0 fully saturated rings. The second-order valence-corrected chi connectivity index (χ2v) is 6.14. The molecule has 1 amide bonds. The maximum atomic E-state index is 12.6. The number of aromatic amines is 1. The lowest BCUT2D eigenvalue weighted by Crippen LogP contribution is -2.38. The van der Waals surface area contributed by atoms with Crippen molar-refractivity contribution in [3.8, 4) is 0 Å². The molecule has 0 saturated heterocycles. The van der Waals surface area contributed by atoms with Gasteiger partial charge in [-0.2, -0.15) is 0 Å². The van der Waals surface area contributed by atoms with E-state index < -0.39 is 0 Å². The number of carbonyl (C=O) groups is 1. The Labute approximate surface area is 141 Å². The normalized spacial score (nSPS) is 12.2. The van der Waals surface area contributed by atoms with Crippen LogP contribution in [-0.4, -0.2) is 41.4 Å². The topological polar surface area (TPSA) is 78.1 Å². The molecule has 2 rings (SSSR count). The average molecular weight is 328 g/mol. The van der Waals surface area contributed by atoms with Crippen LogP contribution in [0.2, 0.25) is 0 Å². The molecule has 2 aromatic rings. The zero-order valence-electron chi connectivity index (χ0n) is 14.6. The number of likely N-dealkylation sites (N-methyl/N-ethyl adjacent to an activating group) is 1. The maximum Gasteiger partial charge on any atom is 0.251 e. The Morgan fingerprint density at radius 3 is 2.67 bits per heavy atom. The van der Waals surface area contributed by atoms with E-state index in [-0.39, 0.29) is 17.5 Å². The minimum atomic E-state index is -0.348. The number of amides is 1. The van der Waals surface area contributed by atoms with Crippen LogP contribution in [0, 0.1) is 13.8 Å². The van der Waals surface area contributed by atoms with Crippen LogP contribution in [0.5, 0.6) is 0 Å². The first-order chi connectivity index (χ1) is 11.4. The van der Waals surface area contributed by atoms with Gasteiger partial charge in [0.25, 0.3) is 5.56 Å². The summed E-state index contributed by atoms with van der Waals surface area (Å²) in [5, 5.41) is 2.94. The highest BCUT2D eigenvalue weighted by Crippen LogP contribution is 2.19. The summed E-state index contributed by atoms with van der Waals surface area (Å²) in [6.07, 6.45) is 0.518. The predicted octanol–water partition coefficient (Wildman–Crippen LogP) is 1.35. The molecule has 1 aromatic carbocycles. The highest BCUT2D eigenvalue weighted by molar-refractivity contribution is 5.83. The minimum Gasteiger partial charge on any atom is -0.354 e. The van der Waals surface area contributed by atoms with Crippen molar-refractivity contribution < 1.29 is 4.79 Å². The Bertz CT molecular complexity index is 768. The summed E-state index contributed by atoms with van der Waals surface area (Å²) in [4.78, 5) is 32.8. The zero-order chi connectivity index (χ0) is 17.7. The van der Waals surface area contributed by atoms with Crippen LogP contribution < -0.4 is 10.9 Å². The highest BCUT2D eigenvalue weighted by atomic mass is 16.2. The van der Waals surface area contributed by atoms with E-state index in [1.54, 1.807) is 6.92 Å². The predicted molar refractivity (Wildman–Crippen MR) is 93.9 cm³/mol. The van der Waals surface area contributed by atoms with Crippen molar-refractivity contribution in [3.63, 3.8) is 0 Å². The van der Waals surface area contributed by atoms with Crippen LogP contribution in [0.3, 0.4) is 0 Å². The van der Waals surface area contributed by atoms with Crippen LogP contribution in [-0.2, 0) is 11.2 Å². The van der Waals surface area contributed by atoms with Gasteiger partial charge in [-0.25, -0.2) is 4.98 Å². The molecule has 1 atom stereocenters. The fraction of sp³-hybridized carbons (Fsp3) is 0.389. The minimum absolute atomic E-state index is 0.0628. The molecule has 0 aliphatic rings. The first kappa shape index (κ1) is 17.9. The summed E-state index contributed by atoms with van der Waals surface area (Å²) in [5.74, 6) is 0.516. The Balaban J connectivity index is 2.02. The fourth-order valence-corrected chi connectivity index (χ4v) is 2.70. The van der Waals surface area contributed by atoms with Gasteiger partial charge in [0.1, 0.15) is 11.9 Å². The number of H-pyrrole nitrogens is 1. The summed E-state index contributed by atoms with van der Waals surface area (Å²) in [7, 11) is 3.77. The number of carbonyl (C=O) groups excluding carboxylic acids is 1. The maximum absolute atomic E-state index is 12.6.